The average molecular weight is 397 g/mol. The van der Waals surface area contributed by atoms with Gasteiger partial charge >= 0.3 is 0 Å². The standard InChI is InChI=1S/C23H27NO5/c1-16-21(29-20-6-4-3-5-19(20)28-16)22(25)24-15-23(11-13-27-14-12-23)17-7-9-18(26-2)10-8-17/h3-10,16,21H,11-15H2,1-2H3,(H,24,25)/t16-,21-/m0/s1. The molecule has 2 aliphatic rings. The van der Waals surface area contributed by atoms with Crippen molar-refractivity contribution in [3.05, 3.63) is 54.1 Å². The van der Waals surface area contributed by atoms with Crippen LogP contribution in [0.25, 0.3) is 0 Å². The van der Waals surface area contributed by atoms with E-state index < -0.39 is 6.10 Å². The maximum atomic E-state index is 13.0. The van der Waals surface area contributed by atoms with E-state index >= 15 is 0 Å². The molecule has 0 aliphatic carbocycles. The minimum absolute atomic E-state index is 0.161. The van der Waals surface area contributed by atoms with Gasteiger partial charge in [0.15, 0.2) is 11.5 Å². The summed E-state index contributed by atoms with van der Waals surface area (Å²) in [5, 5.41) is 3.12. The number of methoxy groups -OCH3 is 1. The predicted octanol–water partition coefficient (Wildman–Crippen LogP) is 3.09. The quantitative estimate of drug-likeness (QED) is 0.840. The number of carbonyl (C=O) groups is 1. The highest BCUT2D eigenvalue weighted by atomic mass is 16.6. The zero-order valence-electron chi connectivity index (χ0n) is 16.9. The van der Waals surface area contributed by atoms with Gasteiger partial charge in [-0.25, -0.2) is 0 Å². The molecular formula is C23H27NO5. The maximum Gasteiger partial charge on any atom is 0.265 e. The summed E-state index contributed by atoms with van der Waals surface area (Å²) in [4.78, 5) is 13.0. The molecule has 154 valence electrons. The van der Waals surface area contributed by atoms with Crippen molar-refractivity contribution < 1.29 is 23.7 Å². The van der Waals surface area contributed by atoms with Crippen LogP contribution in [-0.4, -0.2) is 45.0 Å². The van der Waals surface area contributed by atoms with Crippen molar-refractivity contribution in [2.24, 2.45) is 0 Å². The molecule has 0 aromatic heterocycles. The summed E-state index contributed by atoms with van der Waals surface area (Å²) in [5.74, 6) is 1.93. The highest BCUT2D eigenvalue weighted by molar-refractivity contribution is 5.82. The molecule has 0 unspecified atom stereocenters. The summed E-state index contributed by atoms with van der Waals surface area (Å²) in [6, 6.07) is 15.5. The molecule has 29 heavy (non-hydrogen) atoms. The van der Waals surface area contributed by atoms with Crippen LogP contribution in [0.15, 0.2) is 48.5 Å². The number of hydrogen-bond donors (Lipinski definition) is 1. The Morgan fingerprint density at radius 2 is 1.72 bits per heavy atom. The molecule has 0 radical (unpaired) electrons. The van der Waals surface area contributed by atoms with Gasteiger partial charge in [-0.3, -0.25) is 4.79 Å². The van der Waals surface area contributed by atoms with Crippen molar-refractivity contribution in [2.75, 3.05) is 26.9 Å². The third kappa shape index (κ3) is 4.03. The summed E-state index contributed by atoms with van der Waals surface area (Å²) in [5.41, 5.74) is 1.01. The summed E-state index contributed by atoms with van der Waals surface area (Å²) in [7, 11) is 1.66. The van der Waals surface area contributed by atoms with Crippen LogP contribution in [0, 0.1) is 0 Å². The second kappa shape index (κ2) is 8.33. The van der Waals surface area contributed by atoms with Crippen LogP contribution in [0.4, 0.5) is 0 Å². The van der Waals surface area contributed by atoms with Crippen LogP contribution in [-0.2, 0) is 14.9 Å². The molecule has 0 saturated carbocycles. The smallest absolute Gasteiger partial charge is 0.265 e. The molecule has 6 heteroatoms. The Labute approximate surface area is 171 Å². The van der Waals surface area contributed by atoms with E-state index in [1.54, 1.807) is 7.11 Å². The van der Waals surface area contributed by atoms with Gasteiger partial charge in [0.25, 0.3) is 5.91 Å². The molecule has 2 aromatic rings. The third-order valence-corrected chi connectivity index (χ3v) is 5.85. The molecule has 1 fully saturated rings. The SMILES string of the molecule is COc1ccc(C2(CNC(=O)[C@H]3Oc4ccccc4O[C@H]3C)CCOCC2)cc1. The van der Waals surface area contributed by atoms with Gasteiger partial charge in [0.2, 0.25) is 6.10 Å². The largest absolute Gasteiger partial charge is 0.497 e. The Balaban J connectivity index is 1.48. The second-order valence-electron chi connectivity index (χ2n) is 7.65. The first kappa shape index (κ1) is 19.6. The lowest BCUT2D eigenvalue weighted by Crippen LogP contribution is -2.52. The fraction of sp³-hybridized carbons (Fsp3) is 0.435. The van der Waals surface area contributed by atoms with Crippen molar-refractivity contribution in [1.29, 1.82) is 0 Å². The van der Waals surface area contributed by atoms with Crippen LogP contribution in [0.1, 0.15) is 25.3 Å². The van der Waals surface area contributed by atoms with E-state index in [-0.39, 0.29) is 17.4 Å². The number of rotatable bonds is 5. The lowest BCUT2D eigenvalue weighted by atomic mass is 9.74. The Kier molecular flexibility index (Phi) is 5.62. The van der Waals surface area contributed by atoms with Crippen molar-refractivity contribution in [1.82, 2.24) is 5.32 Å². The van der Waals surface area contributed by atoms with E-state index in [2.05, 4.69) is 17.4 Å². The summed E-state index contributed by atoms with van der Waals surface area (Å²) in [6.07, 6.45) is 0.647. The maximum absolute atomic E-state index is 13.0. The highest BCUT2D eigenvalue weighted by Crippen LogP contribution is 2.36. The lowest BCUT2D eigenvalue weighted by molar-refractivity contribution is -0.133. The molecule has 2 aliphatic heterocycles. The van der Waals surface area contributed by atoms with Crippen LogP contribution < -0.4 is 19.5 Å². The van der Waals surface area contributed by atoms with E-state index in [9.17, 15) is 4.79 Å². The van der Waals surface area contributed by atoms with Gasteiger partial charge < -0.3 is 24.3 Å². The van der Waals surface area contributed by atoms with Crippen LogP contribution in [0.5, 0.6) is 17.2 Å². The summed E-state index contributed by atoms with van der Waals surface area (Å²) < 4.78 is 22.7. The molecule has 6 nitrogen and oxygen atoms in total. The van der Waals surface area contributed by atoms with Gasteiger partial charge in [-0.2, -0.15) is 0 Å². The second-order valence-corrected chi connectivity index (χ2v) is 7.65. The van der Waals surface area contributed by atoms with Gasteiger partial charge in [0.05, 0.1) is 7.11 Å². The lowest BCUT2D eigenvalue weighted by Gasteiger charge is -2.39. The molecule has 1 saturated heterocycles. The monoisotopic (exact) mass is 397 g/mol. The average Bonchev–Trinajstić information content (AvgIpc) is 2.77. The van der Waals surface area contributed by atoms with E-state index in [1.807, 2.05) is 43.3 Å². The Morgan fingerprint density at radius 1 is 1.07 bits per heavy atom. The zero-order chi connectivity index (χ0) is 20.3. The van der Waals surface area contributed by atoms with E-state index in [0.29, 0.717) is 31.3 Å². The van der Waals surface area contributed by atoms with Crippen molar-refractivity contribution in [3.63, 3.8) is 0 Å². The summed E-state index contributed by atoms with van der Waals surface area (Å²) >= 11 is 0. The molecule has 2 heterocycles. The zero-order valence-corrected chi connectivity index (χ0v) is 16.9. The number of ether oxygens (including phenoxy) is 4. The highest BCUT2D eigenvalue weighted by Gasteiger charge is 2.38. The number of hydrogen-bond acceptors (Lipinski definition) is 5. The van der Waals surface area contributed by atoms with Gasteiger partial charge in [0.1, 0.15) is 11.9 Å². The molecule has 1 amide bonds. The topological polar surface area (TPSA) is 66.0 Å². The molecule has 1 N–H and O–H groups in total. The number of para-hydroxylation sites is 2. The molecule has 2 aromatic carbocycles. The van der Waals surface area contributed by atoms with Crippen molar-refractivity contribution in [3.8, 4) is 17.2 Å². The van der Waals surface area contributed by atoms with Gasteiger partial charge in [-0.05, 0) is 49.6 Å². The minimum atomic E-state index is -0.683. The number of fused-ring (bicyclic) bond motifs is 1. The normalized spacial score (nSPS) is 22.6. The van der Waals surface area contributed by atoms with Gasteiger partial charge in [-0.15, -0.1) is 0 Å². The van der Waals surface area contributed by atoms with Crippen LogP contribution >= 0.6 is 0 Å². The Bertz CT molecular complexity index is 845. The first-order valence-electron chi connectivity index (χ1n) is 10.0. The molecule has 0 spiro atoms. The minimum Gasteiger partial charge on any atom is -0.497 e. The van der Waals surface area contributed by atoms with E-state index in [1.165, 1.54) is 5.56 Å². The number of benzene rings is 2. The van der Waals surface area contributed by atoms with Crippen molar-refractivity contribution >= 4 is 5.91 Å². The van der Waals surface area contributed by atoms with Gasteiger partial charge in [0, 0.05) is 25.2 Å². The predicted molar refractivity (Wildman–Crippen MR) is 109 cm³/mol. The summed E-state index contributed by atoms with van der Waals surface area (Å²) in [6.45, 7) is 3.73. The molecule has 2 atom stereocenters. The first-order valence-corrected chi connectivity index (χ1v) is 10.0. The molecule has 4 rings (SSSR count). The third-order valence-electron chi connectivity index (χ3n) is 5.85. The van der Waals surface area contributed by atoms with Gasteiger partial charge in [-0.1, -0.05) is 24.3 Å². The van der Waals surface area contributed by atoms with Crippen LogP contribution in [0.2, 0.25) is 0 Å². The first-order chi connectivity index (χ1) is 14.1. The number of carbonyl (C=O) groups excluding carboxylic acids is 1. The van der Waals surface area contributed by atoms with E-state index in [4.69, 9.17) is 18.9 Å². The Morgan fingerprint density at radius 3 is 2.38 bits per heavy atom. The van der Waals surface area contributed by atoms with Crippen LogP contribution in [0.3, 0.4) is 0 Å². The van der Waals surface area contributed by atoms with Crippen molar-refractivity contribution in [2.45, 2.75) is 37.4 Å². The number of amides is 1. The molecular weight excluding hydrogens is 370 g/mol. The number of nitrogens with one attached hydrogen (secondary N) is 1. The molecule has 0 bridgehead atoms. The van der Waals surface area contributed by atoms with E-state index in [0.717, 1.165) is 18.6 Å². The fourth-order valence-corrected chi connectivity index (χ4v) is 4.04. The fourth-order valence-electron chi connectivity index (χ4n) is 4.04. The Hall–Kier alpha value is -2.73.